The third-order valence-corrected chi connectivity index (χ3v) is 2.26. The molecule has 1 fully saturated rings. The summed E-state index contributed by atoms with van der Waals surface area (Å²) in [6, 6.07) is 0. The largest absolute Gasteiger partial charge is 0.354 e. The highest BCUT2D eigenvalue weighted by Crippen LogP contribution is 2.18. The van der Waals surface area contributed by atoms with Crippen LogP contribution in [-0.2, 0) is 0 Å². The highest BCUT2D eigenvalue weighted by molar-refractivity contribution is 5.38. The highest BCUT2D eigenvalue weighted by atomic mass is 19.1. The molecule has 13 heavy (non-hydrogen) atoms. The molecule has 0 aromatic carbocycles. The Hall–Kier alpha value is -1.19. The first-order valence-electron chi connectivity index (χ1n) is 4.51. The van der Waals surface area contributed by atoms with E-state index < -0.39 is 0 Å². The number of piperidine rings is 1. The van der Waals surface area contributed by atoms with Gasteiger partial charge in [-0.2, -0.15) is 0 Å². The topological polar surface area (TPSA) is 29.0 Å². The minimum Gasteiger partial charge on any atom is -0.354 e. The van der Waals surface area contributed by atoms with Crippen LogP contribution in [0.3, 0.4) is 0 Å². The zero-order valence-corrected chi connectivity index (χ0v) is 7.33. The summed E-state index contributed by atoms with van der Waals surface area (Å²) in [5, 5.41) is 0. The van der Waals surface area contributed by atoms with E-state index in [1.165, 1.54) is 6.42 Å². The molecule has 1 aliphatic heterocycles. The van der Waals surface area contributed by atoms with Crippen molar-refractivity contribution in [3.8, 4) is 0 Å². The zero-order chi connectivity index (χ0) is 9.10. The van der Waals surface area contributed by atoms with E-state index >= 15 is 0 Å². The van der Waals surface area contributed by atoms with Crippen LogP contribution in [0, 0.1) is 12.1 Å². The number of hydrogen-bond donors (Lipinski definition) is 0. The first-order valence-corrected chi connectivity index (χ1v) is 4.51. The molecular formula is C9H11FN3. The molecule has 1 aromatic heterocycles. The normalized spacial score (nSPS) is 17.5. The number of nitrogens with zero attached hydrogens (tertiary/aromatic N) is 3. The van der Waals surface area contributed by atoms with Crippen molar-refractivity contribution >= 4 is 5.82 Å². The predicted molar refractivity (Wildman–Crippen MR) is 46.9 cm³/mol. The second-order valence-electron chi connectivity index (χ2n) is 3.19. The Bertz CT molecular complexity index is 284. The van der Waals surface area contributed by atoms with E-state index in [1.807, 2.05) is 4.90 Å². The fourth-order valence-corrected chi connectivity index (χ4v) is 1.60. The summed E-state index contributed by atoms with van der Waals surface area (Å²) < 4.78 is 13.2. The minimum atomic E-state index is -0.347. The van der Waals surface area contributed by atoms with Gasteiger partial charge in [0.2, 0.25) is 0 Å². The SMILES string of the molecule is Fc1cn[c]nc1N1CCCCC1. The van der Waals surface area contributed by atoms with Crippen molar-refractivity contribution in [3.05, 3.63) is 18.3 Å². The number of hydrogen-bond acceptors (Lipinski definition) is 3. The van der Waals surface area contributed by atoms with Crippen molar-refractivity contribution in [1.82, 2.24) is 9.97 Å². The molecule has 4 heteroatoms. The van der Waals surface area contributed by atoms with Gasteiger partial charge < -0.3 is 4.90 Å². The first kappa shape index (κ1) is 8.41. The van der Waals surface area contributed by atoms with Gasteiger partial charge in [-0.1, -0.05) is 0 Å². The van der Waals surface area contributed by atoms with Crippen molar-refractivity contribution in [2.45, 2.75) is 19.3 Å². The maximum atomic E-state index is 13.2. The van der Waals surface area contributed by atoms with Crippen molar-refractivity contribution < 1.29 is 4.39 Å². The van der Waals surface area contributed by atoms with Crippen molar-refractivity contribution in [3.63, 3.8) is 0 Å². The maximum Gasteiger partial charge on any atom is 0.199 e. The third kappa shape index (κ3) is 1.76. The summed E-state index contributed by atoms with van der Waals surface area (Å²) >= 11 is 0. The first-order chi connectivity index (χ1) is 6.38. The quantitative estimate of drug-likeness (QED) is 0.654. The lowest BCUT2D eigenvalue weighted by Crippen LogP contribution is -2.31. The lowest BCUT2D eigenvalue weighted by atomic mass is 10.1. The van der Waals surface area contributed by atoms with Crippen LogP contribution in [0.2, 0.25) is 0 Å². The van der Waals surface area contributed by atoms with Crippen LogP contribution in [0.5, 0.6) is 0 Å². The maximum absolute atomic E-state index is 13.2. The molecule has 69 valence electrons. The van der Waals surface area contributed by atoms with Gasteiger partial charge >= 0.3 is 0 Å². The van der Waals surface area contributed by atoms with Crippen LogP contribution >= 0.6 is 0 Å². The van der Waals surface area contributed by atoms with Crippen LogP contribution in [-0.4, -0.2) is 23.1 Å². The summed E-state index contributed by atoms with van der Waals surface area (Å²) in [6.07, 6.45) is 7.04. The lowest BCUT2D eigenvalue weighted by Gasteiger charge is -2.27. The second kappa shape index (κ2) is 3.68. The number of anilines is 1. The summed E-state index contributed by atoms with van der Waals surface area (Å²) in [5.74, 6) is 0.0513. The molecule has 1 aliphatic rings. The zero-order valence-electron chi connectivity index (χ0n) is 7.33. The molecule has 0 saturated carbocycles. The van der Waals surface area contributed by atoms with E-state index in [-0.39, 0.29) is 5.82 Å². The Morgan fingerprint density at radius 2 is 2.08 bits per heavy atom. The van der Waals surface area contributed by atoms with E-state index in [9.17, 15) is 4.39 Å². The fraction of sp³-hybridized carbons (Fsp3) is 0.556. The number of halogens is 1. The molecule has 0 amide bonds. The van der Waals surface area contributed by atoms with Gasteiger partial charge in [0.25, 0.3) is 0 Å². The Kier molecular flexibility index (Phi) is 2.38. The smallest absolute Gasteiger partial charge is 0.199 e. The molecule has 1 radical (unpaired) electrons. The average molecular weight is 180 g/mol. The molecular weight excluding hydrogens is 169 g/mol. The molecule has 2 rings (SSSR count). The van der Waals surface area contributed by atoms with Gasteiger partial charge in [-0.05, 0) is 19.3 Å². The molecule has 1 saturated heterocycles. The van der Waals surface area contributed by atoms with Gasteiger partial charge in [-0.25, -0.2) is 14.4 Å². The van der Waals surface area contributed by atoms with Crippen LogP contribution in [0.25, 0.3) is 0 Å². The Morgan fingerprint density at radius 3 is 2.77 bits per heavy atom. The van der Waals surface area contributed by atoms with E-state index in [0.29, 0.717) is 5.82 Å². The summed E-state index contributed by atoms with van der Waals surface area (Å²) in [6.45, 7) is 1.78. The van der Waals surface area contributed by atoms with Crippen molar-refractivity contribution in [2.75, 3.05) is 18.0 Å². The molecule has 0 N–H and O–H groups in total. The molecule has 2 heterocycles. The van der Waals surface area contributed by atoms with Gasteiger partial charge in [-0.15, -0.1) is 0 Å². The highest BCUT2D eigenvalue weighted by Gasteiger charge is 2.15. The Labute approximate surface area is 76.6 Å². The van der Waals surface area contributed by atoms with Crippen LogP contribution in [0.15, 0.2) is 6.20 Å². The number of aromatic nitrogens is 2. The van der Waals surface area contributed by atoms with Gasteiger partial charge in [0.05, 0.1) is 6.20 Å². The summed E-state index contributed by atoms with van der Waals surface area (Å²) in [5.41, 5.74) is 0. The van der Waals surface area contributed by atoms with Crippen LogP contribution in [0.4, 0.5) is 10.2 Å². The molecule has 0 aliphatic carbocycles. The monoisotopic (exact) mass is 180 g/mol. The van der Waals surface area contributed by atoms with Gasteiger partial charge in [0.1, 0.15) is 0 Å². The van der Waals surface area contributed by atoms with Gasteiger partial charge in [0.15, 0.2) is 18.0 Å². The minimum absolute atomic E-state index is 0.347. The van der Waals surface area contributed by atoms with Crippen molar-refractivity contribution in [2.24, 2.45) is 0 Å². The third-order valence-electron chi connectivity index (χ3n) is 2.26. The van der Waals surface area contributed by atoms with E-state index in [1.54, 1.807) is 0 Å². The molecule has 1 aromatic rings. The van der Waals surface area contributed by atoms with E-state index in [4.69, 9.17) is 0 Å². The summed E-state index contributed by atoms with van der Waals surface area (Å²) in [7, 11) is 0. The molecule has 3 nitrogen and oxygen atoms in total. The molecule has 0 bridgehead atoms. The predicted octanol–water partition coefficient (Wildman–Crippen LogP) is 1.41. The van der Waals surface area contributed by atoms with E-state index in [0.717, 1.165) is 32.1 Å². The Balaban J connectivity index is 2.18. The van der Waals surface area contributed by atoms with Crippen LogP contribution < -0.4 is 4.90 Å². The standard InChI is InChI=1S/C9H11FN3/c10-8-6-11-7-12-9(8)13-4-2-1-3-5-13/h6H,1-5H2. The lowest BCUT2D eigenvalue weighted by molar-refractivity contribution is 0.546. The number of rotatable bonds is 1. The molecule has 0 atom stereocenters. The average Bonchev–Trinajstić information content (AvgIpc) is 2.20. The van der Waals surface area contributed by atoms with E-state index in [2.05, 4.69) is 16.3 Å². The summed E-state index contributed by atoms with van der Waals surface area (Å²) in [4.78, 5) is 9.27. The van der Waals surface area contributed by atoms with Gasteiger partial charge in [-0.3, -0.25) is 0 Å². The fourth-order valence-electron chi connectivity index (χ4n) is 1.60. The van der Waals surface area contributed by atoms with Crippen LogP contribution in [0.1, 0.15) is 19.3 Å². The molecule has 0 unspecified atom stereocenters. The Morgan fingerprint density at radius 1 is 1.31 bits per heavy atom. The second-order valence-corrected chi connectivity index (χ2v) is 3.19. The van der Waals surface area contributed by atoms with Gasteiger partial charge in [0, 0.05) is 13.1 Å². The van der Waals surface area contributed by atoms with Crippen molar-refractivity contribution in [1.29, 1.82) is 0 Å². The molecule has 0 spiro atoms.